The molecule has 1 aromatic rings. The van der Waals surface area contributed by atoms with Crippen LogP contribution in [-0.4, -0.2) is 24.0 Å². The van der Waals surface area contributed by atoms with Gasteiger partial charge in [-0.05, 0) is 31.0 Å². The van der Waals surface area contributed by atoms with Crippen LogP contribution in [0.4, 0.5) is 0 Å². The van der Waals surface area contributed by atoms with Crippen molar-refractivity contribution < 1.29 is 0 Å². The number of nitrogens with zero attached hydrogens (tertiary/aromatic N) is 1. The van der Waals surface area contributed by atoms with E-state index in [9.17, 15) is 0 Å². The van der Waals surface area contributed by atoms with E-state index in [-0.39, 0.29) is 6.04 Å². The minimum atomic E-state index is 0.252. The molecule has 1 aromatic carbocycles. The van der Waals surface area contributed by atoms with Gasteiger partial charge in [-0.2, -0.15) is 0 Å². The molecule has 106 valence electrons. The minimum Gasteiger partial charge on any atom is -0.329 e. The fourth-order valence-electron chi connectivity index (χ4n) is 3.33. The maximum atomic E-state index is 6.36. The smallest absolute Gasteiger partial charge is 0.0488 e. The van der Waals surface area contributed by atoms with Gasteiger partial charge in [-0.25, -0.2) is 0 Å². The molecule has 1 atom stereocenters. The Bertz CT molecular complexity index is 388. The molecule has 0 saturated heterocycles. The van der Waals surface area contributed by atoms with E-state index in [1.807, 2.05) is 12.1 Å². The van der Waals surface area contributed by atoms with E-state index >= 15 is 0 Å². The molecule has 2 N–H and O–H groups in total. The van der Waals surface area contributed by atoms with Gasteiger partial charge in [0.05, 0.1) is 0 Å². The monoisotopic (exact) mass is 280 g/mol. The van der Waals surface area contributed by atoms with Gasteiger partial charge in [0.1, 0.15) is 0 Å². The lowest BCUT2D eigenvalue weighted by Gasteiger charge is -2.39. The van der Waals surface area contributed by atoms with Crippen molar-refractivity contribution in [2.45, 2.75) is 51.1 Å². The van der Waals surface area contributed by atoms with Crippen LogP contribution < -0.4 is 5.73 Å². The predicted molar refractivity (Wildman–Crippen MR) is 82.5 cm³/mol. The van der Waals surface area contributed by atoms with Crippen molar-refractivity contribution in [2.75, 3.05) is 13.1 Å². The highest BCUT2D eigenvalue weighted by Gasteiger charge is 2.27. The normalized spacial score (nSPS) is 18.7. The maximum Gasteiger partial charge on any atom is 0.0488 e. The molecule has 0 radical (unpaired) electrons. The summed E-state index contributed by atoms with van der Waals surface area (Å²) in [6, 6.07) is 9.04. The van der Waals surface area contributed by atoms with Gasteiger partial charge in [0, 0.05) is 23.7 Å². The van der Waals surface area contributed by atoms with Crippen LogP contribution in [0.3, 0.4) is 0 Å². The topological polar surface area (TPSA) is 29.3 Å². The van der Waals surface area contributed by atoms with Gasteiger partial charge in [-0.3, -0.25) is 4.90 Å². The fourth-order valence-corrected chi connectivity index (χ4v) is 3.59. The van der Waals surface area contributed by atoms with E-state index in [4.69, 9.17) is 17.3 Å². The molecule has 1 aliphatic rings. The summed E-state index contributed by atoms with van der Waals surface area (Å²) in [5.74, 6) is 0. The first-order valence-electron chi connectivity index (χ1n) is 7.48. The zero-order valence-corrected chi connectivity index (χ0v) is 12.6. The molecule has 0 spiro atoms. The molecule has 3 heteroatoms. The Kier molecular flexibility index (Phi) is 5.68. The summed E-state index contributed by atoms with van der Waals surface area (Å²) in [5, 5.41) is 0.840. The highest BCUT2D eigenvalue weighted by atomic mass is 35.5. The van der Waals surface area contributed by atoms with Gasteiger partial charge in [0.15, 0.2) is 0 Å². The average molecular weight is 281 g/mol. The van der Waals surface area contributed by atoms with Crippen molar-refractivity contribution >= 4 is 11.6 Å². The first kappa shape index (κ1) is 14.8. The highest BCUT2D eigenvalue weighted by molar-refractivity contribution is 6.31. The first-order valence-corrected chi connectivity index (χ1v) is 7.86. The Morgan fingerprint density at radius 1 is 1.26 bits per heavy atom. The fraction of sp³-hybridized carbons (Fsp3) is 0.625. The Morgan fingerprint density at radius 2 is 1.95 bits per heavy atom. The molecule has 2 nitrogen and oxygen atoms in total. The molecule has 1 saturated carbocycles. The average Bonchev–Trinajstić information content (AvgIpc) is 2.46. The van der Waals surface area contributed by atoms with Crippen LogP contribution in [0, 0.1) is 0 Å². The summed E-state index contributed by atoms with van der Waals surface area (Å²) in [6.45, 7) is 3.90. The molecule has 1 unspecified atom stereocenters. The molecule has 0 bridgehead atoms. The largest absolute Gasteiger partial charge is 0.329 e. The number of hydrogen-bond donors (Lipinski definition) is 1. The van der Waals surface area contributed by atoms with E-state index in [2.05, 4.69) is 24.0 Å². The molecule has 1 aliphatic carbocycles. The standard InChI is InChI=1S/C16H25ClN2/c1-2-19(13-8-4-3-5-9-13)16(12-18)14-10-6-7-11-15(14)17/h6-7,10-11,13,16H,2-5,8-9,12,18H2,1H3. The molecular weight excluding hydrogens is 256 g/mol. The van der Waals surface area contributed by atoms with Crippen LogP contribution in [-0.2, 0) is 0 Å². The SMILES string of the molecule is CCN(C1CCCCC1)C(CN)c1ccccc1Cl. The summed E-state index contributed by atoms with van der Waals surface area (Å²) in [4.78, 5) is 2.56. The zero-order chi connectivity index (χ0) is 13.7. The lowest BCUT2D eigenvalue weighted by molar-refractivity contribution is 0.114. The summed E-state index contributed by atoms with van der Waals surface area (Å²) < 4.78 is 0. The third-order valence-corrected chi connectivity index (χ3v) is 4.64. The van der Waals surface area contributed by atoms with Crippen LogP contribution in [0.15, 0.2) is 24.3 Å². The van der Waals surface area contributed by atoms with E-state index in [1.165, 1.54) is 37.7 Å². The second-order valence-electron chi connectivity index (χ2n) is 5.40. The van der Waals surface area contributed by atoms with E-state index in [0.717, 1.165) is 11.6 Å². The van der Waals surface area contributed by atoms with Gasteiger partial charge in [0.25, 0.3) is 0 Å². The van der Waals surface area contributed by atoms with Crippen molar-refractivity contribution in [3.8, 4) is 0 Å². The summed E-state index contributed by atoms with van der Waals surface area (Å²) in [5.41, 5.74) is 7.24. The van der Waals surface area contributed by atoms with Gasteiger partial charge >= 0.3 is 0 Å². The van der Waals surface area contributed by atoms with Gasteiger partial charge in [-0.15, -0.1) is 0 Å². The van der Waals surface area contributed by atoms with Crippen LogP contribution in [0.25, 0.3) is 0 Å². The number of halogens is 1. The predicted octanol–water partition coefficient (Wildman–Crippen LogP) is 3.99. The lowest BCUT2D eigenvalue weighted by Crippen LogP contribution is -2.42. The van der Waals surface area contributed by atoms with Crippen molar-refractivity contribution in [1.29, 1.82) is 0 Å². The Balaban J connectivity index is 2.20. The summed E-state index contributed by atoms with van der Waals surface area (Å²) in [7, 11) is 0. The van der Waals surface area contributed by atoms with E-state index < -0.39 is 0 Å². The van der Waals surface area contributed by atoms with Gasteiger partial charge in [0.2, 0.25) is 0 Å². The molecule has 0 aliphatic heterocycles. The number of likely N-dealkylation sites (N-methyl/N-ethyl adjacent to an activating group) is 1. The minimum absolute atomic E-state index is 0.252. The van der Waals surface area contributed by atoms with Crippen LogP contribution in [0.1, 0.15) is 50.6 Å². The Morgan fingerprint density at radius 3 is 2.53 bits per heavy atom. The molecule has 0 amide bonds. The number of nitrogens with two attached hydrogens (primary N) is 1. The lowest BCUT2D eigenvalue weighted by atomic mass is 9.92. The Hall–Kier alpha value is -0.570. The van der Waals surface area contributed by atoms with E-state index in [0.29, 0.717) is 12.6 Å². The van der Waals surface area contributed by atoms with Crippen molar-refractivity contribution in [1.82, 2.24) is 4.90 Å². The second kappa shape index (κ2) is 7.28. The van der Waals surface area contributed by atoms with Crippen LogP contribution in [0.2, 0.25) is 5.02 Å². The molecule has 19 heavy (non-hydrogen) atoms. The summed E-state index contributed by atoms with van der Waals surface area (Å²) in [6.07, 6.45) is 6.68. The summed E-state index contributed by atoms with van der Waals surface area (Å²) >= 11 is 6.36. The zero-order valence-electron chi connectivity index (χ0n) is 11.8. The van der Waals surface area contributed by atoms with Crippen LogP contribution >= 0.6 is 11.6 Å². The van der Waals surface area contributed by atoms with Crippen molar-refractivity contribution in [3.63, 3.8) is 0 Å². The molecular formula is C16H25ClN2. The molecule has 0 heterocycles. The number of benzene rings is 1. The quantitative estimate of drug-likeness (QED) is 0.883. The maximum absolute atomic E-state index is 6.36. The molecule has 2 rings (SSSR count). The number of hydrogen-bond acceptors (Lipinski definition) is 2. The molecule has 1 fully saturated rings. The first-order chi connectivity index (χ1) is 9.27. The van der Waals surface area contributed by atoms with E-state index in [1.54, 1.807) is 0 Å². The highest BCUT2D eigenvalue weighted by Crippen LogP contribution is 2.32. The van der Waals surface area contributed by atoms with Crippen LogP contribution in [0.5, 0.6) is 0 Å². The van der Waals surface area contributed by atoms with Crippen molar-refractivity contribution in [2.24, 2.45) is 5.73 Å². The number of rotatable bonds is 5. The molecule has 0 aromatic heterocycles. The third kappa shape index (κ3) is 3.50. The Labute approximate surface area is 121 Å². The van der Waals surface area contributed by atoms with Gasteiger partial charge in [-0.1, -0.05) is 56.0 Å². The van der Waals surface area contributed by atoms with Crippen molar-refractivity contribution in [3.05, 3.63) is 34.9 Å². The van der Waals surface area contributed by atoms with Gasteiger partial charge < -0.3 is 5.73 Å². The third-order valence-electron chi connectivity index (χ3n) is 4.30. The second-order valence-corrected chi connectivity index (χ2v) is 5.80.